The Morgan fingerprint density at radius 1 is 1.14 bits per heavy atom. The third-order valence-corrected chi connectivity index (χ3v) is 4.70. The fourth-order valence-electron chi connectivity index (χ4n) is 2.20. The molecule has 0 amide bonds. The number of rotatable bonds is 7. The van der Waals surface area contributed by atoms with Crippen LogP contribution in [0.25, 0.3) is 0 Å². The summed E-state index contributed by atoms with van der Waals surface area (Å²) in [7, 11) is 0.629. The van der Waals surface area contributed by atoms with Crippen LogP contribution in [0.1, 0.15) is 18.5 Å². The van der Waals surface area contributed by atoms with Crippen molar-refractivity contribution in [1.29, 1.82) is 0 Å². The van der Waals surface area contributed by atoms with E-state index in [1.165, 1.54) is 0 Å². The molecular formula is C17H21NO2S. The van der Waals surface area contributed by atoms with Gasteiger partial charge < -0.3 is 10.1 Å². The van der Waals surface area contributed by atoms with Gasteiger partial charge in [0.15, 0.2) is 0 Å². The van der Waals surface area contributed by atoms with E-state index in [-0.39, 0.29) is 6.04 Å². The Bertz CT molecular complexity index is 586. The smallest absolute Gasteiger partial charge is 0.119 e. The molecule has 3 nitrogen and oxygen atoms in total. The summed E-state index contributed by atoms with van der Waals surface area (Å²) in [4.78, 5) is 0.864. The van der Waals surface area contributed by atoms with E-state index in [1.54, 1.807) is 7.11 Å². The zero-order chi connectivity index (χ0) is 15.1. The van der Waals surface area contributed by atoms with E-state index in [9.17, 15) is 4.21 Å². The van der Waals surface area contributed by atoms with Gasteiger partial charge in [0.25, 0.3) is 0 Å². The normalized spacial score (nSPS) is 13.6. The largest absolute Gasteiger partial charge is 0.497 e. The number of hydrogen-bond donors (Lipinski definition) is 1. The van der Waals surface area contributed by atoms with Crippen LogP contribution in [0.3, 0.4) is 0 Å². The summed E-state index contributed by atoms with van der Waals surface area (Å²) in [5.74, 6) is 1.37. The minimum absolute atomic E-state index is 0.0474. The minimum Gasteiger partial charge on any atom is -0.497 e. The molecule has 0 spiro atoms. The van der Waals surface area contributed by atoms with E-state index in [1.807, 2.05) is 54.6 Å². The van der Waals surface area contributed by atoms with Crippen LogP contribution in [0, 0.1) is 0 Å². The van der Waals surface area contributed by atoms with Gasteiger partial charge in [-0.15, -0.1) is 0 Å². The van der Waals surface area contributed by atoms with Gasteiger partial charge >= 0.3 is 0 Å². The zero-order valence-corrected chi connectivity index (χ0v) is 13.2. The molecule has 0 aliphatic rings. The van der Waals surface area contributed by atoms with Crippen LogP contribution in [0.15, 0.2) is 59.5 Å². The van der Waals surface area contributed by atoms with Crippen molar-refractivity contribution in [3.8, 4) is 5.75 Å². The van der Waals surface area contributed by atoms with Crippen molar-refractivity contribution >= 4 is 10.8 Å². The van der Waals surface area contributed by atoms with Gasteiger partial charge in [-0.1, -0.05) is 37.3 Å². The van der Waals surface area contributed by atoms with Crippen LogP contribution in [-0.4, -0.2) is 23.6 Å². The summed E-state index contributed by atoms with van der Waals surface area (Å²) in [6.45, 7) is 2.88. The molecule has 112 valence electrons. The molecule has 2 aromatic carbocycles. The number of methoxy groups -OCH3 is 1. The molecule has 0 heterocycles. The lowest BCUT2D eigenvalue weighted by Crippen LogP contribution is -2.26. The SMILES string of the molecule is CCNC(CS(=O)c1ccccc1)c1cccc(OC)c1. The molecule has 0 fully saturated rings. The van der Waals surface area contributed by atoms with E-state index in [0.29, 0.717) is 5.75 Å². The predicted molar refractivity (Wildman–Crippen MR) is 87.1 cm³/mol. The molecule has 2 atom stereocenters. The zero-order valence-electron chi connectivity index (χ0n) is 12.4. The van der Waals surface area contributed by atoms with E-state index in [2.05, 4.69) is 12.2 Å². The first kappa shape index (κ1) is 15.7. The first-order chi connectivity index (χ1) is 10.2. The average molecular weight is 303 g/mol. The number of ether oxygens (including phenoxy) is 1. The van der Waals surface area contributed by atoms with Gasteiger partial charge in [0.05, 0.1) is 17.9 Å². The van der Waals surface area contributed by atoms with Gasteiger partial charge in [0, 0.05) is 16.7 Å². The number of nitrogens with one attached hydrogen (secondary N) is 1. The Hall–Kier alpha value is -1.65. The van der Waals surface area contributed by atoms with Crippen LogP contribution in [0.5, 0.6) is 5.75 Å². The van der Waals surface area contributed by atoms with Crippen LogP contribution in [0.2, 0.25) is 0 Å². The fourth-order valence-corrected chi connectivity index (χ4v) is 3.46. The van der Waals surface area contributed by atoms with Gasteiger partial charge in [-0.05, 0) is 36.4 Å². The van der Waals surface area contributed by atoms with Gasteiger partial charge in [-0.25, -0.2) is 0 Å². The van der Waals surface area contributed by atoms with Crippen LogP contribution >= 0.6 is 0 Å². The highest BCUT2D eigenvalue weighted by atomic mass is 32.2. The lowest BCUT2D eigenvalue weighted by molar-refractivity contribution is 0.413. The lowest BCUT2D eigenvalue weighted by Gasteiger charge is -2.18. The Balaban J connectivity index is 2.17. The molecule has 2 unspecified atom stereocenters. The second-order valence-electron chi connectivity index (χ2n) is 4.71. The predicted octanol–water partition coefficient (Wildman–Crippen LogP) is 3.15. The topological polar surface area (TPSA) is 38.3 Å². The van der Waals surface area contributed by atoms with Crippen molar-refractivity contribution in [1.82, 2.24) is 5.32 Å². The Labute approximate surface area is 128 Å². The molecule has 0 saturated heterocycles. The molecule has 1 N–H and O–H groups in total. The fraction of sp³-hybridized carbons (Fsp3) is 0.294. The molecule has 2 aromatic rings. The second kappa shape index (κ2) is 7.96. The van der Waals surface area contributed by atoms with Gasteiger partial charge in [-0.3, -0.25) is 4.21 Å². The first-order valence-electron chi connectivity index (χ1n) is 7.05. The maximum Gasteiger partial charge on any atom is 0.119 e. The van der Waals surface area contributed by atoms with Gasteiger partial charge in [0.2, 0.25) is 0 Å². The summed E-state index contributed by atoms with van der Waals surface area (Å²) < 4.78 is 17.8. The summed E-state index contributed by atoms with van der Waals surface area (Å²) in [6, 6.07) is 17.5. The molecule has 0 radical (unpaired) electrons. The molecule has 0 aromatic heterocycles. The lowest BCUT2D eigenvalue weighted by atomic mass is 10.1. The Kier molecular flexibility index (Phi) is 5.96. The molecule has 0 aliphatic carbocycles. The highest BCUT2D eigenvalue weighted by molar-refractivity contribution is 7.85. The molecule has 2 rings (SSSR count). The maximum absolute atomic E-state index is 12.5. The molecule has 0 aliphatic heterocycles. The Morgan fingerprint density at radius 2 is 1.90 bits per heavy atom. The Morgan fingerprint density at radius 3 is 2.57 bits per heavy atom. The van der Waals surface area contributed by atoms with E-state index in [0.717, 1.165) is 22.8 Å². The highest BCUT2D eigenvalue weighted by Gasteiger charge is 2.15. The van der Waals surface area contributed by atoms with Crippen molar-refractivity contribution in [3.05, 3.63) is 60.2 Å². The first-order valence-corrected chi connectivity index (χ1v) is 8.37. The average Bonchev–Trinajstić information content (AvgIpc) is 2.55. The summed E-state index contributed by atoms with van der Waals surface area (Å²) in [5.41, 5.74) is 1.10. The molecule has 0 saturated carbocycles. The minimum atomic E-state index is -1.03. The quantitative estimate of drug-likeness (QED) is 0.854. The van der Waals surface area contributed by atoms with Crippen LogP contribution in [0.4, 0.5) is 0 Å². The van der Waals surface area contributed by atoms with Crippen LogP contribution < -0.4 is 10.1 Å². The van der Waals surface area contributed by atoms with Crippen molar-refractivity contribution in [2.75, 3.05) is 19.4 Å². The monoisotopic (exact) mass is 303 g/mol. The summed E-state index contributed by atoms with van der Waals surface area (Å²) >= 11 is 0. The van der Waals surface area contributed by atoms with Crippen LogP contribution in [-0.2, 0) is 10.8 Å². The van der Waals surface area contributed by atoms with E-state index < -0.39 is 10.8 Å². The third kappa shape index (κ3) is 4.41. The maximum atomic E-state index is 12.5. The van der Waals surface area contributed by atoms with Gasteiger partial charge in [-0.2, -0.15) is 0 Å². The number of benzene rings is 2. The van der Waals surface area contributed by atoms with Crippen molar-refractivity contribution in [3.63, 3.8) is 0 Å². The van der Waals surface area contributed by atoms with E-state index in [4.69, 9.17) is 4.74 Å². The van der Waals surface area contributed by atoms with Crippen molar-refractivity contribution < 1.29 is 8.95 Å². The molecule has 4 heteroatoms. The summed E-state index contributed by atoms with van der Waals surface area (Å²) in [5, 5.41) is 3.40. The second-order valence-corrected chi connectivity index (χ2v) is 6.21. The third-order valence-electron chi connectivity index (χ3n) is 3.27. The molecule has 0 bridgehead atoms. The standard InChI is InChI=1S/C17H21NO2S/c1-3-18-17(14-8-7-9-15(12-14)20-2)13-21(19)16-10-5-4-6-11-16/h4-12,17-18H,3,13H2,1-2H3. The van der Waals surface area contributed by atoms with Crippen molar-refractivity contribution in [2.24, 2.45) is 0 Å². The van der Waals surface area contributed by atoms with Gasteiger partial charge in [0.1, 0.15) is 5.75 Å². The number of hydrogen-bond acceptors (Lipinski definition) is 3. The summed E-state index contributed by atoms with van der Waals surface area (Å²) in [6.07, 6.45) is 0. The molecular weight excluding hydrogens is 282 g/mol. The highest BCUT2D eigenvalue weighted by Crippen LogP contribution is 2.21. The van der Waals surface area contributed by atoms with Crippen molar-refractivity contribution in [2.45, 2.75) is 17.9 Å². The molecule has 21 heavy (non-hydrogen) atoms. The van der Waals surface area contributed by atoms with E-state index >= 15 is 0 Å².